The van der Waals surface area contributed by atoms with Gasteiger partial charge in [0.25, 0.3) is 0 Å². The molecule has 5 rings (SSSR count). The van der Waals surface area contributed by atoms with Crippen molar-refractivity contribution in [3.8, 4) is 22.8 Å². The number of aromatic nitrogens is 6. The van der Waals surface area contributed by atoms with Crippen LogP contribution in [0.25, 0.3) is 33.7 Å². The zero-order chi connectivity index (χ0) is 19.6. The zero-order valence-corrected chi connectivity index (χ0v) is 16.6. The molecule has 29 heavy (non-hydrogen) atoms. The molecule has 2 aromatic carbocycles. The molecule has 3 aromatic heterocycles. The lowest BCUT2D eigenvalue weighted by Crippen LogP contribution is -1.99. The number of nitrogens with zero attached hydrogens (tertiary/aromatic N) is 5. The molecule has 0 aliphatic carbocycles. The van der Waals surface area contributed by atoms with Crippen molar-refractivity contribution in [1.82, 2.24) is 29.9 Å². The summed E-state index contributed by atoms with van der Waals surface area (Å²) in [4.78, 5) is 7.79. The summed E-state index contributed by atoms with van der Waals surface area (Å²) < 4.78 is 7.51. The second kappa shape index (κ2) is 7.56. The van der Waals surface area contributed by atoms with Crippen LogP contribution in [0.3, 0.4) is 0 Å². The van der Waals surface area contributed by atoms with Crippen LogP contribution < -0.4 is 0 Å². The molecule has 7 nitrogen and oxygen atoms in total. The molecule has 8 heteroatoms. The van der Waals surface area contributed by atoms with Crippen molar-refractivity contribution in [3.63, 3.8) is 0 Å². The number of para-hydroxylation sites is 1. The van der Waals surface area contributed by atoms with Crippen LogP contribution in [0.15, 0.2) is 70.5 Å². The number of benzene rings is 2. The van der Waals surface area contributed by atoms with E-state index in [4.69, 9.17) is 4.52 Å². The Morgan fingerprint density at radius 3 is 2.72 bits per heavy atom. The molecular formula is C21H18N6OS. The monoisotopic (exact) mass is 402 g/mol. The average molecular weight is 402 g/mol. The van der Waals surface area contributed by atoms with Gasteiger partial charge < -0.3 is 14.1 Å². The highest BCUT2D eigenvalue weighted by atomic mass is 32.2. The Morgan fingerprint density at radius 2 is 1.86 bits per heavy atom. The van der Waals surface area contributed by atoms with Gasteiger partial charge in [-0.1, -0.05) is 65.4 Å². The number of hydrogen-bond acceptors (Lipinski definition) is 6. The molecule has 0 saturated carbocycles. The van der Waals surface area contributed by atoms with Crippen LogP contribution >= 0.6 is 11.8 Å². The van der Waals surface area contributed by atoms with Crippen molar-refractivity contribution >= 4 is 22.7 Å². The molecule has 0 saturated heterocycles. The molecule has 0 aliphatic heterocycles. The summed E-state index contributed by atoms with van der Waals surface area (Å²) in [5.41, 5.74) is 3.07. The van der Waals surface area contributed by atoms with Crippen molar-refractivity contribution in [1.29, 1.82) is 0 Å². The normalized spacial score (nSPS) is 11.3. The minimum Gasteiger partial charge on any atom is -0.360 e. The Morgan fingerprint density at radius 1 is 1.03 bits per heavy atom. The van der Waals surface area contributed by atoms with Crippen molar-refractivity contribution in [2.75, 3.05) is 0 Å². The number of H-pyrrole nitrogens is 1. The number of thioether (sulfide) groups is 1. The van der Waals surface area contributed by atoms with E-state index in [-0.39, 0.29) is 0 Å². The largest absolute Gasteiger partial charge is 0.360 e. The highest BCUT2D eigenvalue weighted by molar-refractivity contribution is 7.98. The maximum Gasteiger partial charge on any atom is 0.237 e. The Hall–Kier alpha value is -3.39. The standard InChI is InChI=1S/C21H18N6OS/c1-2-27-20(16-12-22-17-11-7-6-10-15(16)17)24-25-21(27)29-13-18-23-19(26-28-18)14-8-4-3-5-9-14/h3-12,22H,2,13H2,1H3. The number of nitrogens with one attached hydrogen (secondary N) is 1. The van der Waals surface area contributed by atoms with E-state index in [0.29, 0.717) is 17.5 Å². The lowest BCUT2D eigenvalue weighted by Gasteiger charge is -2.05. The van der Waals surface area contributed by atoms with Crippen molar-refractivity contribution < 1.29 is 4.52 Å². The van der Waals surface area contributed by atoms with E-state index in [0.717, 1.165) is 39.6 Å². The van der Waals surface area contributed by atoms with Crippen LogP contribution in [-0.4, -0.2) is 29.9 Å². The first-order valence-corrected chi connectivity index (χ1v) is 10.3. The Balaban J connectivity index is 1.38. The van der Waals surface area contributed by atoms with E-state index < -0.39 is 0 Å². The molecule has 0 amide bonds. The van der Waals surface area contributed by atoms with E-state index in [1.54, 1.807) is 0 Å². The van der Waals surface area contributed by atoms with Gasteiger partial charge in [0, 0.05) is 34.8 Å². The Kier molecular flexibility index (Phi) is 4.61. The SMILES string of the molecule is CCn1c(SCc2nc(-c3ccccc3)no2)nnc1-c1c[nH]c2ccccc12. The van der Waals surface area contributed by atoms with Gasteiger partial charge in [-0.15, -0.1) is 10.2 Å². The summed E-state index contributed by atoms with van der Waals surface area (Å²) in [7, 11) is 0. The predicted molar refractivity (Wildman–Crippen MR) is 112 cm³/mol. The molecule has 0 radical (unpaired) electrons. The summed E-state index contributed by atoms with van der Waals surface area (Å²) in [6.07, 6.45) is 1.99. The maximum absolute atomic E-state index is 5.41. The van der Waals surface area contributed by atoms with Crippen LogP contribution in [0.1, 0.15) is 12.8 Å². The summed E-state index contributed by atoms with van der Waals surface area (Å²) in [6.45, 7) is 2.86. The summed E-state index contributed by atoms with van der Waals surface area (Å²) in [5.74, 6) is 2.54. The zero-order valence-electron chi connectivity index (χ0n) is 15.7. The number of hydrogen-bond donors (Lipinski definition) is 1. The number of rotatable bonds is 6. The van der Waals surface area contributed by atoms with Gasteiger partial charge in [0.1, 0.15) is 0 Å². The van der Waals surface area contributed by atoms with E-state index in [1.807, 2.05) is 48.7 Å². The van der Waals surface area contributed by atoms with Gasteiger partial charge >= 0.3 is 0 Å². The van der Waals surface area contributed by atoms with Gasteiger partial charge in [-0.25, -0.2) is 0 Å². The topological polar surface area (TPSA) is 85.4 Å². The first kappa shape index (κ1) is 17.7. The lowest BCUT2D eigenvalue weighted by atomic mass is 10.1. The molecule has 0 atom stereocenters. The molecule has 3 heterocycles. The third-order valence-corrected chi connectivity index (χ3v) is 5.64. The number of aromatic amines is 1. The molecule has 0 bridgehead atoms. The molecule has 144 valence electrons. The third-order valence-electron chi connectivity index (χ3n) is 4.69. The van der Waals surface area contributed by atoms with Gasteiger partial charge in [-0.2, -0.15) is 4.98 Å². The van der Waals surface area contributed by atoms with E-state index in [9.17, 15) is 0 Å². The molecule has 5 aromatic rings. The highest BCUT2D eigenvalue weighted by Gasteiger charge is 2.17. The minimum atomic E-state index is 0.534. The molecule has 0 aliphatic rings. The van der Waals surface area contributed by atoms with Crippen molar-refractivity contribution in [2.45, 2.75) is 24.4 Å². The molecular weight excluding hydrogens is 384 g/mol. The van der Waals surface area contributed by atoms with Crippen LogP contribution in [0.2, 0.25) is 0 Å². The van der Waals surface area contributed by atoms with Crippen molar-refractivity contribution in [3.05, 3.63) is 66.7 Å². The summed E-state index contributed by atoms with van der Waals surface area (Å²) in [5, 5.41) is 14.9. The Bertz CT molecular complexity index is 1260. The fraction of sp³-hybridized carbons (Fsp3) is 0.143. The van der Waals surface area contributed by atoms with E-state index in [2.05, 4.69) is 48.9 Å². The summed E-state index contributed by atoms with van der Waals surface area (Å²) >= 11 is 1.54. The third kappa shape index (κ3) is 3.31. The van der Waals surface area contributed by atoms with Crippen LogP contribution in [-0.2, 0) is 12.3 Å². The summed E-state index contributed by atoms with van der Waals surface area (Å²) in [6, 6.07) is 18.0. The first-order chi connectivity index (χ1) is 14.3. The second-order valence-electron chi connectivity index (χ2n) is 6.46. The minimum absolute atomic E-state index is 0.534. The van der Waals surface area contributed by atoms with Gasteiger partial charge in [0.05, 0.1) is 5.75 Å². The van der Waals surface area contributed by atoms with E-state index in [1.165, 1.54) is 11.8 Å². The lowest BCUT2D eigenvalue weighted by molar-refractivity contribution is 0.391. The highest BCUT2D eigenvalue weighted by Crippen LogP contribution is 2.31. The van der Waals surface area contributed by atoms with Gasteiger partial charge in [0.15, 0.2) is 11.0 Å². The number of fused-ring (bicyclic) bond motifs is 1. The van der Waals surface area contributed by atoms with Gasteiger partial charge in [0.2, 0.25) is 11.7 Å². The second-order valence-corrected chi connectivity index (χ2v) is 7.41. The molecule has 1 N–H and O–H groups in total. The van der Waals surface area contributed by atoms with Crippen LogP contribution in [0.4, 0.5) is 0 Å². The smallest absolute Gasteiger partial charge is 0.237 e. The van der Waals surface area contributed by atoms with E-state index >= 15 is 0 Å². The van der Waals surface area contributed by atoms with Gasteiger partial charge in [-0.3, -0.25) is 0 Å². The van der Waals surface area contributed by atoms with Crippen molar-refractivity contribution in [2.24, 2.45) is 0 Å². The average Bonchev–Trinajstić information content (AvgIpc) is 3.50. The fourth-order valence-corrected chi connectivity index (χ4v) is 4.12. The maximum atomic E-state index is 5.41. The molecule has 0 unspecified atom stereocenters. The predicted octanol–water partition coefficient (Wildman–Crippen LogP) is 4.79. The van der Waals surface area contributed by atoms with Crippen LogP contribution in [0, 0.1) is 0 Å². The molecule has 0 spiro atoms. The Labute approximate surface area is 171 Å². The first-order valence-electron chi connectivity index (χ1n) is 9.34. The van der Waals surface area contributed by atoms with Gasteiger partial charge in [-0.05, 0) is 13.0 Å². The van der Waals surface area contributed by atoms with Crippen LogP contribution in [0.5, 0.6) is 0 Å². The molecule has 0 fully saturated rings. The fourth-order valence-electron chi connectivity index (χ4n) is 3.28. The quantitative estimate of drug-likeness (QED) is 0.411.